The van der Waals surface area contributed by atoms with Crippen LogP contribution < -0.4 is 10.1 Å². The van der Waals surface area contributed by atoms with E-state index in [0.29, 0.717) is 31.7 Å². The molecule has 0 saturated carbocycles. The lowest BCUT2D eigenvalue weighted by atomic mass is 9.99. The Hall–Kier alpha value is -2.38. The Bertz CT molecular complexity index is 929. The summed E-state index contributed by atoms with van der Waals surface area (Å²) < 4.78 is 33.0. The van der Waals surface area contributed by atoms with Crippen molar-refractivity contribution < 1.29 is 17.9 Å². The second kappa shape index (κ2) is 8.75. The summed E-state index contributed by atoms with van der Waals surface area (Å²) in [5.41, 5.74) is 1.86. The summed E-state index contributed by atoms with van der Waals surface area (Å²) in [7, 11) is -2.27. The van der Waals surface area contributed by atoms with E-state index in [-0.39, 0.29) is 23.3 Å². The first-order valence-corrected chi connectivity index (χ1v) is 10.8. The lowest BCUT2D eigenvalue weighted by Gasteiger charge is -2.31. The van der Waals surface area contributed by atoms with Crippen LogP contribution in [0.15, 0.2) is 53.4 Å². The molecule has 1 atom stereocenters. The number of nitrogens with one attached hydrogen (secondary N) is 1. The Balaban J connectivity index is 1.72. The van der Waals surface area contributed by atoms with E-state index in [1.165, 1.54) is 11.4 Å². The SMILES string of the molecule is COc1ccc(C)cc1S(=O)(=O)N1CCC[C@H](C(=O)NCc2ccccc2)C1. The number of carbonyl (C=O) groups excluding carboxylic acids is 1. The third kappa shape index (κ3) is 4.54. The van der Waals surface area contributed by atoms with Gasteiger partial charge in [0.25, 0.3) is 0 Å². The highest BCUT2D eigenvalue weighted by Crippen LogP contribution is 2.30. The number of carbonyl (C=O) groups is 1. The summed E-state index contributed by atoms with van der Waals surface area (Å²) in [6, 6.07) is 14.8. The van der Waals surface area contributed by atoms with E-state index in [0.717, 1.165) is 11.1 Å². The maximum atomic E-state index is 13.2. The molecule has 1 heterocycles. The van der Waals surface area contributed by atoms with Crippen LogP contribution in [0, 0.1) is 12.8 Å². The van der Waals surface area contributed by atoms with Crippen LogP contribution in [0.2, 0.25) is 0 Å². The zero-order valence-corrected chi connectivity index (χ0v) is 17.0. The molecule has 28 heavy (non-hydrogen) atoms. The molecule has 1 fully saturated rings. The molecule has 1 aliphatic rings. The number of rotatable bonds is 6. The van der Waals surface area contributed by atoms with E-state index >= 15 is 0 Å². The minimum Gasteiger partial charge on any atom is -0.495 e. The molecular formula is C21H26N2O4S. The molecule has 1 aliphatic heterocycles. The Morgan fingerprint density at radius 1 is 1.21 bits per heavy atom. The van der Waals surface area contributed by atoms with Gasteiger partial charge in [-0.2, -0.15) is 4.31 Å². The third-order valence-corrected chi connectivity index (χ3v) is 6.89. The standard InChI is InChI=1S/C21H26N2O4S/c1-16-10-11-19(27-2)20(13-16)28(25,26)23-12-6-9-18(15-23)21(24)22-14-17-7-4-3-5-8-17/h3-5,7-8,10-11,13,18H,6,9,12,14-15H2,1-2H3,(H,22,24)/t18-/m0/s1. The zero-order valence-electron chi connectivity index (χ0n) is 16.2. The van der Waals surface area contributed by atoms with Crippen molar-refractivity contribution in [1.82, 2.24) is 9.62 Å². The van der Waals surface area contributed by atoms with Crippen LogP contribution in [0.4, 0.5) is 0 Å². The van der Waals surface area contributed by atoms with Crippen molar-refractivity contribution >= 4 is 15.9 Å². The first kappa shape index (κ1) is 20.4. The summed E-state index contributed by atoms with van der Waals surface area (Å²) in [6.07, 6.45) is 1.33. The molecule has 6 nitrogen and oxygen atoms in total. The van der Waals surface area contributed by atoms with Gasteiger partial charge < -0.3 is 10.1 Å². The van der Waals surface area contributed by atoms with Gasteiger partial charge in [-0.25, -0.2) is 8.42 Å². The number of nitrogens with zero attached hydrogens (tertiary/aromatic N) is 1. The monoisotopic (exact) mass is 402 g/mol. The van der Waals surface area contributed by atoms with Crippen molar-refractivity contribution in [3.8, 4) is 5.75 Å². The molecule has 150 valence electrons. The molecule has 2 aromatic rings. The number of sulfonamides is 1. The van der Waals surface area contributed by atoms with Gasteiger partial charge in [0.05, 0.1) is 13.0 Å². The molecule has 3 rings (SSSR count). The molecule has 1 N–H and O–H groups in total. The predicted octanol–water partition coefficient (Wildman–Crippen LogP) is 2.72. The van der Waals surface area contributed by atoms with Crippen LogP contribution >= 0.6 is 0 Å². The summed E-state index contributed by atoms with van der Waals surface area (Å²) in [5, 5.41) is 2.93. The van der Waals surface area contributed by atoms with Gasteiger partial charge in [-0.05, 0) is 43.0 Å². The summed E-state index contributed by atoms with van der Waals surface area (Å²) in [6.45, 7) is 2.87. The summed E-state index contributed by atoms with van der Waals surface area (Å²) >= 11 is 0. The predicted molar refractivity (Wildman–Crippen MR) is 108 cm³/mol. The fourth-order valence-corrected chi connectivity index (χ4v) is 5.19. The van der Waals surface area contributed by atoms with Crippen molar-refractivity contribution in [2.45, 2.75) is 31.2 Å². The number of hydrogen-bond acceptors (Lipinski definition) is 4. The van der Waals surface area contributed by atoms with Crippen molar-refractivity contribution in [3.05, 3.63) is 59.7 Å². The Morgan fingerprint density at radius 3 is 2.68 bits per heavy atom. The molecular weight excluding hydrogens is 376 g/mol. The van der Waals surface area contributed by atoms with E-state index < -0.39 is 10.0 Å². The topological polar surface area (TPSA) is 75.7 Å². The highest BCUT2D eigenvalue weighted by molar-refractivity contribution is 7.89. The van der Waals surface area contributed by atoms with Gasteiger partial charge in [-0.15, -0.1) is 0 Å². The number of benzene rings is 2. The molecule has 0 unspecified atom stereocenters. The van der Waals surface area contributed by atoms with Crippen molar-refractivity contribution in [3.63, 3.8) is 0 Å². The molecule has 0 radical (unpaired) electrons. The molecule has 1 saturated heterocycles. The minimum atomic E-state index is -3.73. The van der Waals surface area contributed by atoms with Gasteiger partial charge >= 0.3 is 0 Å². The van der Waals surface area contributed by atoms with Crippen molar-refractivity contribution in [2.75, 3.05) is 20.2 Å². The zero-order chi connectivity index (χ0) is 20.1. The van der Waals surface area contributed by atoms with Crippen LogP contribution in [0.1, 0.15) is 24.0 Å². The minimum absolute atomic E-state index is 0.111. The van der Waals surface area contributed by atoms with E-state index in [4.69, 9.17) is 4.74 Å². The van der Waals surface area contributed by atoms with Gasteiger partial charge in [0.1, 0.15) is 10.6 Å². The van der Waals surface area contributed by atoms with Gasteiger partial charge in [-0.1, -0.05) is 36.4 Å². The number of hydrogen-bond donors (Lipinski definition) is 1. The maximum absolute atomic E-state index is 13.2. The average Bonchev–Trinajstić information content (AvgIpc) is 2.72. The molecule has 1 amide bonds. The number of methoxy groups -OCH3 is 1. The van der Waals surface area contributed by atoms with Gasteiger partial charge in [0, 0.05) is 19.6 Å². The summed E-state index contributed by atoms with van der Waals surface area (Å²) in [4.78, 5) is 12.8. The Labute approximate surface area is 166 Å². The average molecular weight is 403 g/mol. The maximum Gasteiger partial charge on any atom is 0.246 e. The second-order valence-corrected chi connectivity index (χ2v) is 8.97. The molecule has 0 aromatic heterocycles. The molecule has 0 spiro atoms. The lowest BCUT2D eigenvalue weighted by Crippen LogP contribution is -2.45. The second-order valence-electron chi connectivity index (χ2n) is 7.06. The first-order valence-electron chi connectivity index (χ1n) is 9.38. The highest BCUT2D eigenvalue weighted by Gasteiger charge is 2.34. The first-order chi connectivity index (χ1) is 13.4. The van der Waals surface area contributed by atoms with E-state index in [9.17, 15) is 13.2 Å². The number of piperidine rings is 1. The molecule has 7 heteroatoms. The van der Waals surface area contributed by atoms with E-state index in [1.807, 2.05) is 43.3 Å². The molecule has 0 aliphatic carbocycles. The van der Waals surface area contributed by atoms with Gasteiger partial charge in [-0.3, -0.25) is 4.79 Å². The smallest absolute Gasteiger partial charge is 0.246 e. The third-order valence-electron chi connectivity index (χ3n) is 5.00. The van der Waals surface area contributed by atoms with Crippen LogP contribution in [-0.4, -0.2) is 38.8 Å². The molecule has 0 bridgehead atoms. The fraction of sp³-hybridized carbons (Fsp3) is 0.381. The van der Waals surface area contributed by atoms with Crippen molar-refractivity contribution in [2.24, 2.45) is 5.92 Å². The van der Waals surface area contributed by atoms with E-state index in [1.54, 1.807) is 12.1 Å². The van der Waals surface area contributed by atoms with Gasteiger partial charge in [0.15, 0.2) is 0 Å². The quantitative estimate of drug-likeness (QED) is 0.806. The van der Waals surface area contributed by atoms with E-state index in [2.05, 4.69) is 5.32 Å². The lowest BCUT2D eigenvalue weighted by molar-refractivity contribution is -0.126. The van der Waals surface area contributed by atoms with Crippen LogP contribution in [0.3, 0.4) is 0 Å². The summed E-state index contributed by atoms with van der Waals surface area (Å²) in [5.74, 6) is -0.149. The van der Waals surface area contributed by atoms with Crippen molar-refractivity contribution in [1.29, 1.82) is 0 Å². The number of amides is 1. The number of aryl methyl sites for hydroxylation is 1. The highest BCUT2D eigenvalue weighted by atomic mass is 32.2. The van der Waals surface area contributed by atoms with Gasteiger partial charge in [0.2, 0.25) is 15.9 Å². The fourth-order valence-electron chi connectivity index (χ4n) is 3.43. The van der Waals surface area contributed by atoms with Crippen LogP contribution in [-0.2, 0) is 21.4 Å². The largest absolute Gasteiger partial charge is 0.495 e. The normalized spacial score (nSPS) is 17.9. The van der Waals surface area contributed by atoms with Crippen LogP contribution in [0.25, 0.3) is 0 Å². The molecule has 2 aromatic carbocycles. The Morgan fingerprint density at radius 2 is 1.96 bits per heavy atom. The number of ether oxygens (including phenoxy) is 1. The Kier molecular flexibility index (Phi) is 6.36. The van der Waals surface area contributed by atoms with Crippen LogP contribution in [0.5, 0.6) is 5.75 Å².